The van der Waals surface area contributed by atoms with E-state index in [1.807, 2.05) is 34.9 Å². The van der Waals surface area contributed by atoms with Gasteiger partial charge in [0.2, 0.25) is 6.79 Å². The lowest BCUT2D eigenvalue weighted by Crippen LogP contribution is -2.27. The molecule has 124 valence electrons. The van der Waals surface area contributed by atoms with Crippen LogP contribution in [0.4, 0.5) is 0 Å². The number of fused-ring (bicyclic) bond motifs is 2. The number of hydrogen-bond donors (Lipinski definition) is 1. The molecule has 1 aromatic carbocycles. The highest BCUT2D eigenvalue weighted by atomic mass is 16.7. The normalized spacial score (nSPS) is 14.2. The van der Waals surface area contributed by atoms with Crippen LogP contribution in [0.15, 0.2) is 42.6 Å². The second-order valence-electron chi connectivity index (χ2n) is 6.05. The van der Waals surface area contributed by atoms with Crippen LogP contribution in [-0.2, 0) is 13.0 Å². The number of hydrogen-bond acceptors (Lipinski definition) is 5. The maximum Gasteiger partial charge on any atom is 0.231 e. The van der Waals surface area contributed by atoms with Crippen LogP contribution in [0.1, 0.15) is 24.7 Å². The van der Waals surface area contributed by atoms with E-state index in [4.69, 9.17) is 9.47 Å². The minimum atomic E-state index is 0.322. The van der Waals surface area contributed by atoms with Gasteiger partial charge in [-0.3, -0.25) is 4.40 Å². The molecule has 24 heavy (non-hydrogen) atoms. The fourth-order valence-electron chi connectivity index (χ4n) is 2.86. The zero-order chi connectivity index (χ0) is 16.4. The lowest BCUT2D eigenvalue weighted by Gasteiger charge is -2.13. The molecule has 0 aliphatic carbocycles. The van der Waals surface area contributed by atoms with E-state index in [0.717, 1.165) is 35.8 Å². The Labute approximate surface area is 140 Å². The second kappa shape index (κ2) is 6.49. The van der Waals surface area contributed by atoms with E-state index < -0.39 is 0 Å². The molecule has 4 rings (SSSR count). The van der Waals surface area contributed by atoms with E-state index in [1.54, 1.807) is 0 Å². The zero-order valence-electron chi connectivity index (χ0n) is 13.6. The van der Waals surface area contributed by atoms with Gasteiger partial charge in [-0.15, -0.1) is 10.2 Å². The minimum Gasteiger partial charge on any atom is -0.454 e. The third-order valence-electron chi connectivity index (χ3n) is 4.30. The van der Waals surface area contributed by atoms with E-state index in [0.29, 0.717) is 19.4 Å². The van der Waals surface area contributed by atoms with Crippen LogP contribution in [0.2, 0.25) is 0 Å². The van der Waals surface area contributed by atoms with E-state index in [1.165, 1.54) is 5.56 Å². The van der Waals surface area contributed by atoms with Crippen LogP contribution in [0.25, 0.3) is 5.65 Å². The summed E-state index contributed by atoms with van der Waals surface area (Å²) in [6.45, 7) is 3.22. The van der Waals surface area contributed by atoms with Gasteiger partial charge in [0, 0.05) is 12.2 Å². The van der Waals surface area contributed by atoms with Crippen LogP contribution < -0.4 is 14.8 Å². The standard InChI is InChI=1S/C18H20N4O2/c1-13(5-6-14-7-8-15-16(10-14)24-12-23-15)19-11-18-21-20-17-4-2-3-9-22(17)18/h2-4,7-10,13,19H,5-6,11-12H2,1H3. The zero-order valence-corrected chi connectivity index (χ0v) is 13.6. The monoisotopic (exact) mass is 324 g/mol. The molecule has 1 atom stereocenters. The van der Waals surface area contributed by atoms with Gasteiger partial charge < -0.3 is 14.8 Å². The average molecular weight is 324 g/mol. The quantitative estimate of drug-likeness (QED) is 0.755. The van der Waals surface area contributed by atoms with Gasteiger partial charge in [-0.2, -0.15) is 0 Å². The maximum absolute atomic E-state index is 5.43. The molecule has 1 aliphatic heterocycles. The number of ether oxygens (including phenoxy) is 2. The Morgan fingerprint density at radius 3 is 3.04 bits per heavy atom. The van der Waals surface area contributed by atoms with Crippen molar-refractivity contribution in [3.8, 4) is 11.5 Å². The first-order valence-electron chi connectivity index (χ1n) is 8.20. The summed E-state index contributed by atoms with van der Waals surface area (Å²) in [7, 11) is 0. The highest BCUT2D eigenvalue weighted by Gasteiger charge is 2.13. The van der Waals surface area contributed by atoms with Crippen molar-refractivity contribution in [3.63, 3.8) is 0 Å². The van der Waals surface area contributed by atoms with Gasteiger partial charge in [0.05, 0.1) is 6.54 Å². The summed E-state index contributed by atoms with van der Waals surface area (Å²) >= 11 is 0. The molecule has 0 amide bonds. The Balaban J connectivity index is 1.31. The van der Waals surface area contributed by atoms with Gasteiger partial charge in [-0.05, 0) is 49.6 Å². The third-order valence-corrected chi connectivity index (χ3v) is 4.30. The largest absolute Gasteiger partial charge is 0.454 e. The van der Waals surface area contributed by atoms with Gasteiger partial charge in [0.25, 0.3) is 0 Å². The molecular weight excluding hydrogens is 304 g/mol. The fraction of sp³-hybridized carbons (Fsp3) is 0.333. The summed E-state index contributed by atoms with van der Waals surface area (Å²) in [5.74, 6) is 2.62. The molecule has 6 heteroatoms. The smallest absolute Gasteiger partial charge is 0.231 e. The molecule has 0 saturated heterocycles. The highest BCUT2D eigenvalue weighted by Crippen LogP contribution is 2.32. The molecule has 0 spiro atoms. The van der Waals surface area contributed by atoms with Crippen LogP contribution in [-0.4, -0.2) is 27.4 Å². The van der Waals surface area contributed by atoms with Gasteiger partial charge in [-0.1, -0.05) is 12.1 Å². The molecule has 3 aromatic rings. The van der Waals surface area contributed by atoms with Crippen molar-refractivity contribution in [3.05, 3.63) is 54.0 Å². The van der Waals surface area contributed by atoms with E-state index in [9.17, 15) is 0 Å². The topological polar surface area (TPSA) is 60.7 Å². The summed E-state index contributed by atoms with van der Waals surface area (Å²) in [6.07, 6.45) is 4.02. The number of pyridine rings is 1. The molecule has 1 aliphatic rings. The molecular formula is C18H20N4O2. The van der Waals surface area contributed by atoms with E-state index >= 15 is 0 Å². The number of rotatable bonds is 6. The minimum absolute atomic E-state index is 0.322. The molecule has 0 radical (unpaired) electrons. The number of benzene rings is 1. The third kappa shape index (κ3) is 3.05. The summed E-state index contributed by atoms with van der Waals surface area (Å²) in [5, 5.41) is 11.9. The first-order chi connectivity index (χ1) is 11.8. The van der Waals surface area contributed by atoms with Crippen LogP contribution in [0, 0.1) is 0 Å². The number of nitrogens with zero attached hydrogens (tertiary/aromatic N) is 3. The lowest BCUT2D eigenvalue weighted by atomic mass is 10.1. The molecule has 1 unspecified atom stereocenters. The summed E-state index contributed by atoms with van der Waals surface area (Å²) < 4.78 is 12.8. The molecule has 2 aromatic heterocycles. The number of aryl methyl sites for hydroxylation is 1. The molecule has 1 N–H and O–H groups in total. The Kier molecular flexibility index (Phi) is 4.04. The van der Waals surface area contributed by atoms with Crippen molar-refractivity contribution in [2.24, 2.45) is 0 Å². The Morgan fingerprint density at radius 1 is 1.17 bits per heavy atom. The molecule has 0 bridgehead atoms. The average Bonchev–Trinajstić information content (AvgIpc) is 3.24. The molecule has 0 fully saturated rings. The predicted octanol–water partition coefficient (Wildman–Crippen LogP) is 2.57. The lowest BCUT2D eigenvalue weighted by molar-refractivity contribution is 0.174. The first kappa shape index (κ1) is 15.0. The van der Waals surface area contributed by atoms with Gasteiger partial charge in [0.15, 0.2) is 23.0 Å². The number of aromatic nitrogens is 3. The van der Waals surface area contributed by atoms with Gasteiger partial charge in [-0.25, -0.2) is 0 Å². The summed E-state index contributed by atoms with van der Waals surface area (Å²) in [4.78, 5) is 0. The van der Waals surface area contributed by atoms with Gasteiger partial charge in [0.1, 0.15) is 0 Å². The molecule has 0 saturated carbocycles. The van der Waals surface area contributed by atoms with Crippen LogP contribution >= 0.6 is 0 Å². The van der Waals surface area contributed by atoms with Crippen molar-refractivity contribution in [1.82, 2.24) is 19.9 Å². The maximum atomic E-state index is 5.43. The van der Waals surface area contributed by atoms with Crippen LogP contribution in [0.3, 0.4) is 0 Å². The van der Waals surface area contributed by atoms with Crippen molar-refractivity contribution >= 4 is 5.65 Å². The second-order valence-corrected chi connectivity index (χ2v) is 6.05. The summed E-state index contributed by atoms with van der Waals surface area (Å²) in [5.41, 5.74) is 2.14. The van der Waals surface area contributed by atoms with Gasteiger partial charge >= 0.3 is 0 Å². The predicted molar refractivity (Wildman–Crippen MR) is 90.2 cm³/mol. The number of nitrogens with one attached hydrogen (secondary N) is 1. The Morgan fingerprint density at radius 2 is 2.08 bits per heavy atom. The van der Waals surface area contributed by atoms with Crippen LogP contribution in [0.5, 0.6) is 11.5 Å². The summed E-state index contributed by atoms with van der Waals surface area (Å²) in [6, 6.07) is 12.5. The highest BCUT2D eigenvalue weighted by molar-refractivity contribution is 5.44. The Bertz CT molecular complexity index is 846. The Hall–Kier alpha value is -2.60. The molecule has 6 nitrogen and oxygen atoms in total. The van der Waals surface area contributed by atoms with E-state index in [2.05, 4.69) is 34.6 Å². The SMILES string of the molecule is CC(CCc1ccc2c(c1)OCO2)NCc1nnc2ccccn12. The van der Waals surface area contributed by atoms with Crippen molar-refractivity contribution in [2.45, 2.75) is 32.4 Å². The van der Waals surface area contributed by atoms with Crippen molar-refractivity contribution < 1.29 is 9.47 Å². The fourth-order valence-corrected chi connectivity index (χ4v) is 2.86. The molecule has 3 heterocycles. The first-order valence-corrected chi connectivity index (χ1v) is 8.20. The van der Waals surface area contributed by atoms with Crippen molar-refractivity contribution in [2.75, 3.05) is 6.79 Å². The van der Waals surface area contributed by atoms with E-state index in [-0.39, 0.29) is 0 Å². The van der Waals surface area contributed by atoms with Crippen molar-refractivity contribution in [1.29, 1.82) is 0 Å².